The lowest BCUT2D eigenvalue weighted by molar-refractivity contribution is 0.281. The highest BCUT2D eigenvalue weighted by Crippen LogP contribution is 2.25. The third-order valence-corrected chi connectivity index (χ3v) is 5.63. The first-order chi connectivity index (χ1) is 12.7. The monoisotopic (exact) mass is 506 g/mol. The number of benzene rings is 1. The van der Waals surface area contributed by atoms with E-state index in [1.165, 1.54) is 24.2 Å². The average Bonchev–Trinajstić information content (AvgIpc) is 3.15. The molecule has 1 unspecified atom stereocenters. The minimum atomic E-state index is 0. The van der Waals surface area contributed by atoms with E-state index < -0.39 is 0 Å². The van der Waals surface area contributed by atoms with Crippen molar-refractivity contribution in [3.05, 3.63) is 29.8 Å². The number of rotatable bonds is 10. The second-order valence-electron chi connectivity index (χ2n) is 6.86. The molecule has 2 N–H and O–H groups in total. The van der Waals surface area contributed by atoms with Crippen LogP contribution in [0.3, 0.4) is 0 Å². The molecular formula is C20H35IN4OS. The lowest BCUT2D eigenvalue weighted by Gasteiger charge is -2.14. The van der Waals surface area contributed by atoms with Crippen LogP contribution in [0.5, 0.6) is 5.75 Å². The van der Waals surface area contributed by atoms with Crippen LogP contribution in [0.25, 0.3) is 0 Å². The molecule has 1 atom stereocenters. The summed E-state index contributed by atoms with van der Waals surface area (Å²) in [5, 5.41) is 7.53. The molecule has 0 aromatic heterocycles. The Morgan fingerprint density at radius 3 is 2.67 bits per heavy atom. The van der Waals surface area contributed by atoms with E-state index in [9.17, 15) is 0 Å². The third-order valence-electron chi connectivity index (χ3n) is 4.23. The van der Waals surface area contributed by atoms with Crippen molar-refractivity contribution in [3.63, 3.8) is 0 Å². The Morgan fingerprint density at radius 2 is 2.04 bits per heavy atom. The molecule has 1 aliphatic heterocycles. The van der Waals surface area contributed by atoms with Gasteiger partial charge < -0.3 is 20.3 Å². The minimum Gasteiger partial charge on any atom is -0.494 e. The van der Waals surface area contributed by atoms with E-state index in [4.69, 9.17) is 9.73 Å². The fourth-order valence-corrected chi connectivity index (χ4v) is 3.99. The van der Waals surface area contributed by atoms with Crippen LogP contribution in [0, 0.1) is 0 Å². The van der Waals surface area contributed by atoms with Gasteiger partial charge in [0.1, 0.15) is 5.75 Å². The molecule has 1 aliphatic rings. The molecule has 0 saturated carbocycles. The quantitative estimate of drug-likeness (QED) is 0.220. The van der Waals surface area contributed by atoms with Crippen molar-refractivity contribution in [1.29, 1.82) is 0 Å². The summed E-state index contributed by atoms with van der Waals surface area (Å²) in [5.41, 5.74) is 1.19. The number of aliphatic imine (C=N–C) groups is 1. The van der Waals surface area contributed by atoms with Crippen LogP contribution in [0.4, 0.5) is 0 Å². The van der Waals surface area contributed by atoms with Crippen molar-refractivity contribution in [2.45, 2.75) is 38.0 Å². The number of guanidine groups is 1. The first-order valence-electron chi connectivity index (χ1n) is 9.67. The van der Waals surface area contributed by atoms with Crippen LogP contribution < -0.4 is 15.4 Å². The van der Waals surface area contributed by atoms with Crippen molar-refractivity contribution in [2.75, 3.05) is 46.1 Å². The van der Waals surface area contributed by atoms with E-state index in [0.717, 1.165) is 49.6 Å². The number of ether oxygens (including phenoxy) is 1. The Hall–Kier alpha value is -0.670. The maximum absolute atomic E-state index is 5.78. The molecule has 2 rings (SSSR count). The summed E-state index contributed by atoms with van der Waals surface area (Å²) in [4.78, 5) is 6.88. The van der Waals surface area contributed by atoms with Crippen molar-refractivity contribution in [2.24, 2.45) is 4.99 Å². The normalized spacial score (nSPS) is 16.9. The lowest BCUT2D eigenvalue weighted by Crippen LogP contribution is -2.40. The Labute approximate surface area is 186 Å². The largest absolute Gasteiger partial charge is 0.494 e. The summed E-state index contributed by atoms with van der Waals surface area (Å²) in [6.07, 6.45) is 3.69. The molecule has 0 spiro atoms. The Kier molecular flexibility index (Phi) is 12.9. The zero-order valence-corrected chi connectivity index (χ0v) is 20.0. The van der Waals surface area contributed by atoms with Crippen molar-refractivity contribution in [1.82, 2.24) is 15.5 Å². The molecule has 0 amide bonds. The Bertz CT molecular complexity index is 533. The predicted molar refractivity (Wildman–Crippen MR) is 129 cm³/mol. The highest BCUT2D eigenvalue weighted by Gasteiger charge is 2.15. The molecule has 0 aliphatic carbocycles. The van der Waals surface area contributed by atoms with Gasteiger partial charge in [0.15, 0.2) is 5.96 Å². The molecule has 1 aromatic rings. The topological polar surface area (TPSA) is 48.9 Å². The molecule has 154 valence electrons. The van der Waals surface area contributed by atoms with E-state index in [1.54, 1.807) is 0 Å². The number of thioether (sulfide) groups is 1. The second kappa shape index (κ2) is 14.3. The fourth-order valence-electron chi connectivity index (χ4n) is 2.79. The van der Waals surface area contributed by atoms with Gasteiger partial charge in [0.2, 0.25) is 0 Å². The van der Waals surface area contributed by atoms with Crippen molar-refractivity contribution >= 4 is 41.7 Å². The third kappa shape index (κ3) is 10.4. The standard InChI is InChI=1S/C20H34N4OS.HI/c1-4-21-20(23-16-19-7-5-14-26-19)22-15-17-8-10-18(11-9-17)25-13-6-12-24(2)3;/h8-11,19H,4-7,12-16H2,1-3H3,(H2,21,22,23);1H. The molecule has 27 heavy (non-hydrogen) atoms. The molecular weight excluding hydrogens is 471 g/mol. The first-order valence-corrected chi connectivity index (χ1v) is 10.7. The maximum atomic E-state index is 5.78. The van der Waals surface area contributed by atoms with Gasteiger partial charge in [-0.15, -0.1) is 24.0 Å². The van der Waals surface area contributed by atoms with Gasteiger partial charge in [0, 0.05) is 24.9 Å². The Balaban J connectivity index is 0.00000364. The molecule has 0 bridgehead atoms. The minimum absolute atomic E-state index is 0. The van der Waals surface area contributed by atoms with E-state index in [2.05, 4.69) is 60.4 Å². The van der Waals surface area contributed by atoms with Gasteiger partial charge in [-0.2, -0.15) is 11.8 Å². The molecule has 5 nitrogen and oxygen atoms in total. The number of hydrogen-bond acceptors (Lipinski definition) is 4. The number of nitrogens with zero attached hydrogens (tertiary/aromatic N) is 2. The smallest absolute Gasteiger partial charge is 0.191 e. The zero-order chi connectivity index (χ0) is 18.6. The fraction of sp³-hybridized carbons (Fsp3) is 0.650. The van der Waals surface area contributed by atoms with Crippen LogP contribution in [-0.2, 0) is 6.54 Å². The van der Waals surface area contributed by atoms with E-state index >= 15 is 0 Å². The van der Waals surface area contributed by atoms with Crippen LogP contribution in [0.1, 0.15) is 31.7 Å². The van der Waals surface area contributed by atoms with Gasteiger partial charge in [-0.3, -0.25) is 0 Å². The van der Waals surface area contributed by atoms with Crippen LogP contribution in [0.15, 0.2) is 29.3 Å². The molecule has 1 fully saturated rings. The van der Waals surface area contributed by atoms with Crippen molar-refractivity contribution in [3.8, 4) is 5.75 Å². The zero-order valence-electron chi connectivity index (χ0n) is 16.9. The van der Waals surface area contributed by atoms with Crippen molar-refractivity contribution < 1.29 is 4.74 Å². The number of nitrogens with one attached hydrogen (secondary N) is 2. The molecule has 7 heteroatoms. The highest BCUT2D eigenvalue weighted by molar-refractivity contribution is 14.0. The van der Waals surface area contributed by atoms with Crippen LogP contribution in [0.2, 0.25) is 0 Å². The van der Waals surface area contributed by atoms with Gasteiger partial charge in [0.05, 0.1) is 13.2 Å². The highest BCUT2D eigenvalue weighted by atomic mass is 127. The summed E-state index contributed by atoms with van der Waals surface area (Å²) >= 11 is 2.07. The maximum Gasteiger partial charge on any atom is 0.191 e. The molecule has 1 aromatic carbocycles. The number of halogens is 1. The lowest BCUT2D eigenvalue weighted by atomic mass is 10.2. The van der Waals surface area contributed by atoms with Gasteiger partial charge in [-0.25, -0.2) is 4.99 Å². The second-order valence-corrected chi connectivity index (χ2v) is 8.27. The van der Waals surface area contributed by atoms with Gasteiger partial charge >= 0.3 is 0 Å². The summed E-state index contributed by atoms with van der Waals surface area (Å²) < 4.78 is 5.78. The molecule has 1 heterocycles. The predicted octanol–water partition coefficient (Wildman–Crippen LogP) is 3.59. The summed E-state index contributed by atoms with van der Waals surface area (Å²) in [7, 11) is 4.16. The van der Waals surface area contributed by atoms with Gasteiger partial charge in [-0.1, -0.05) is 12.1 Å². The summed E-state index contributed by atoms with van der Waals surface area (Å²) in [5.74, 6) is 3.13. The first kappa shape index (κ1) is 24.4. The molecule has 1 saturated heterocycles. The molecule has 0 radical (unpaired) electrons. The van der Waals surface area contributed by atoms with E-state index in [-0.39, 0.29) is 24.0 Å². The van der Waals surface area contributed by atoms with Gasteiger partial charge in [-0.05, 0) is 63.7 Å². The number of hydrogen-bond donors (Lipinski definition) is 2. The average molecular weight is 506 g/mol. The van der Waals surface area contributed by atoms with E-state index in [1.807, 2.05) is 12.1 Å². The van der Waals surface area contributed by atoms with Crippen LogP contribution >= 0.6 is 35.7 Å². The SMILES string of the molecule is CCNC(=NCc1ccc(OCCCN(C)C)cc1)NCC1CCCS1.I. The summed E-state index contributed by atoms with van der Waals surface area (Å²) in [6.45, 7) is 6.45. The Morgan fingerprint density at radius 1 is 1.26 bits per heavy atom. The van der Waals surface area contributed by atoms with Gasteiger partial charge in [0.25, 0.3) is 0 Å². The summed E-state index contributed by atoms with van der Waals surface area (Å²) in [6, 6.07) is 8.27. The van der Waals surface area contributed by atoms with E-state index in [0.29, 0.717) is 6.54 Å². The van der Waals surface area contributed by atoms with Crippen LogP contribution in [-0.4, -0.2) is 62.2 Å².